The van der Waals surface area contributed by atoms with E-state index in [1.165, 1.54) is 17.3 Å². The zero-order valence-electron chi connectivity index (χ0n) is 17.8. The Labute approximate surface area is 191 Å². The average Bonchev–Trinajstić information content (AvgIpc) is 3.32. The van der Waals surface area contributed by atoms with Crippen molar-refractivity contribution in [3.8, 4) is 0 Å². The largest absolute Gasteiger partial charge is 0.379 e. The van der Waals surface area contributed by atoms with Gasteiger partial charge in [-0.1, -0.05) is 17.8 Å². The summed E-state index contributed by atoms with van der Waals surface area (Å²) in [5.74, 6) is 0.255. The summed E-state index contributed by atoms with van der Waals surface area (Å²) in [6.45, 7) is 5.76. The Balaban J connectivity index is 1.37. The molecular formula is C22H30N4O3S2. The highest BCUT2D eigenvalue weighted by Gasteiger charge is 2.21. The van der Waals surface area contributed by atoms with Crippen LogP contribution in [0.15, 0.2) is 27.3 Å². The third kappa shape index (κ3) is 6.19. The highest BCUT2D eigenvalue weighted by molar-refractivity contribution is 7.99. The van der Waals surface area contributed by atoms with Gasteiger partial charge < -0.3 is 10.1 Å². The van der Waals surface area contributed by atoms with Gasteiger partial charge in [0.25, 0.3) is 0 Å². The Morgan fingerprint density at radius 2 is 2.06 bits per heavy atom. The van der Waals surface area contributed by atoms with Gasteiger partial charge in [0.05, 0.1) is 25.5 Å². The maximum absolute atomic E-state index is 12.8. The lowest BCUT2D eigenvalue weighted by Crippen LogP contribution is -2.38. The Hall–Kier alpha value is -1.68. The maximum Gasteiger partial charge on any atom is 0.348 e. The number of ether oxygens (including phenoxy) is 1. The second kappa shape index (κ2) is 11.3. The molecule has 4 rings (SSSR count). The van der Waals surface area contributed by atoms with E-state index in [1.807, 2.05) is 22.1 Å². The number of morpholine rings is 1. The van der Waals surface area contributed by atoms with E-state index in [0.29, 0.717) is 13.1 Å². The monoisotopic (exact) mass is 462 g/mol. The van der Waals surface area contributed by atoms with Crippen LogP contribution in [0.25, 0.3) is 0 Å². The number of carbonyl (C=O) groups excluding carboxylic acids is 1. The highest BCUT2D eigenvalue weighted by atomic mass is 32.2. The summed E-state index contributed by atoms with van der Waals surface area (Å²) in [6.07, 6.45) is 5.00. The smallest absolute Gasteiger partial charge is 0.348 e. The first-order chi connectivity index (χ1) is 15.2. The Morgan fingerprint density at radius 3 is 2.87 bits per heavy atom. The van der Waals surface area contributed by atoms with E-state index in [-0.39, 0.29) is 17.3 Å². The molecule has 168 valence electrons. The van der Waals surface area contributed by atoms with Crippen LogP contribution in [0.3, 0.4) is 0 Å². The molecular weight excluding hydrogens is 432 g/mol. The molecule has 1 amide bonds. The molecule has 0 atom stereocenters. The third-order valence-electron chi connectivity index (χ3n) is 5.79. The third-order valence-corrected chi connectivity index (χ3v) is 7.68. The molecule has 0 spiro atoms. The number of aromatic nitrogens is 2. The number of nitrogens with one attached hydrogen (secondary N) is 1. The highest BCUT2D eigenvalue weighted by Crippen LogP contribution is 2.28. The zero-order chi connectivity index (χ0) is 21.5. The van der Waals surface area contributed by atoms with Gasteiger partial charge in [-0.3, -0.25) is 14.3 Å². The van der Waals surface area contributed by atoms with E-state index in [1.54, 1.807) is 11.3 Å². The van der Waals surface area contributed by atoms with Crippen molar-refractivity contribution in [3.63, 3.8) is 0 Å². The molecule has 0 radical (unpaired) electrons. The first kappa shape index (κ1) is 22.5. The molecule has 1 aliphatic carbocycles. The lowest BCUT2D eigenvalue weighted by atomic mass is 9.97. The van der Waals surface area contributed by atoms with Gasteiger partial charge in [0.2, 0.25) is 5.91 Å². The standard InChI is InChI=1S/C22H30N4O3S2/c27-20(23-15-17-5-3-14-30-17)16-31-21-18-6-1-2-7-19(18)26(22(28)24-21)9-4-8-25-10-12-29-13-11-25/h3,5,14H,1-2,4,6-13,15-16H2,(H,23,27). The van der Waals surface area contributed by atoms with Gasteiger partial charge in [-0.25, -0.2) is 4.79 Å². The predicted molar refractivity (Wildman–Crippen MR) is 124 cm³/mol. The minimum Gasteiger partial charge on any atom is -0.379 e. The summed E-state index contributed by atoms with van der Waals surface area (Å²) < 4.78 is 7.29. The number of hydrogen-bond acceptors (Lipinski definition) is 7. The van der Waals surface area contributed by atoms with Gasteiger partial charge in [-0.15, -0.1) is 11.3 Å². The summed E-state index contributed by atoms with van der Waals surface area (Å²) in [5, 5.41) is 5.69. The Kier molecular flexibility index (Phi) is 8.18. The fraction of sp³-hybridized carbons (Fsp3) is 0.591. The SMILES string of the molecule is O=C(CSc1nc(=O)n(CCCN2CCOCC2)c2c1CCCC2)NCc1cccs1. The lowest BCUT2D eigenvalue weighted by molar-refractivity contribution is -0.118. The number of fused-ring (bicyclic) bond motifs is 1. The van der Waals surface area contributed by atoms with Crippen LogP contribution < -0.4 is 11.0 Å². The molecule has 1 N–H and O–H groups in total. The van der Waals surface area contributed by atoms with Crippen LogP contribution in [0.4, 0.5) is 0 Å². The molecule has 2 aliphatic rings. The van der Waals surface area contributed by atoms with E-state index < -0.39 is 0 Å². The molecule has 3 heterocycles. The van der Waals surface area contributed by atoms with Gasteiger partial charge >= 0.3 is 5.69 Å². The number of thioether (sulfide) groups is 1. The van der Waals surface area contributed by atoms with Gasteiger partial charge in [0.1, 0.15) is 5.03 Å². The van der Waals surface area contributed by atoms with Crippen LogP contribution in [-0.2, 0) is 35.5 Å². The molecule has 2 aromatic rings. The molecule has 1 fully saturated rings. The average molecular weight is 463 g/mol. The second-order valence-corrected chi connectivity index (χ2v) is 9.93. The number of carbonyl (C=O) groups is 1. The number of thiophene rings is 1. The second-order valence-electron chi connectivity index (χ2n) is 7.94. The summed E-state index contributed by atoms with van der Waals surface area (Å²) in [5.41, 5.74) is 2.13. The topological polar surface area (TPSA) is 76.5 Å². The van der Waals surface area contributed by atoms with Crippen LogP contribution in [-0.4, -0.2) is 59.0 Å². The van der Waals surface area contributed by atoms with E-state index in [2.05, 4.69) is 15.2 Å². The fourth-order valence-electron chi connectivity index (χ4n) is 4.16. The Bertz CT molecular complexity index is 924. The summed E-state index contributed by atoms with van der Waals surface area (Å²) in [4.78, 5) is 33.0. The quantitative estimate of drug-likeness (QED) is 0.455. The van der Waals surface area contributed by atoms with Crippen molar-refractivity contribution in [1.82, 2.24) is 19.8 Å². The van der Waals surface area contributed by atoms with Crippen molar-refractivity contribution in [2.45, 2.75) is 50.2 Å². The first-order valence-corrected chi connectivity index (χ1v) is 12.9. The maximum atomic E-state index is 12.8. The van der Waals surface area contributed by atoms with E-state index in [0.717, 1.165) is 80.5 Å². The summed E-state index contributed by atoms with van der Waals surface area (Å²) in [6, 6.07) is 3.99. The molecule has 0 bridgehead atoms. The van der Waals surface area contributed by atoms with E-state index >= 15 is 0 Å². The molecule has 1 saturated heterocycles. The van der Waals surface area contributed by atoms with Crippen LogP contribution in [0, 0.1) is 0 Å². The lowest BCUT2D eigenvalue weighted by Gasteiger charge is -2.27. The van der Waals surface area contributed by atoms with Crippen molar-refractivity contribution in [1.29, 1.82) is 0 Å². The molecule has 2 aromatic heterocycles. The van der Waals surface area contributed by atoms with E-state index in [4.69, 9.17) is 4.74 Å². The van der Waals surface area contributed by atoms with Crippen molar-refractivity contribution in [3.05, 3.63) is 44.1 Å². The molecule has 9 heteroatoms. The molecule has 1 aliphatic heterocycles. The molecule has 31 heavy (non-hydrogen) atoms. The van der Waals surface area contributed by atoms with Gasteiger partial charge in [0, 0.05) is 42.3 Å². The van der Waals surface area contributed by atoms with Crippen LogP contribution in [0.2, 0.25) is 0 Å². The Morgan fingerprint density at radius 1 is 1.23 bits per heavy atom. The normalized spacial score (nSPS) is 16.8. The number of hydrogen-bond donors (Lipinski definition) is 1. The van der Waals surface area contributed by atoms with Crippen molar-refractivity contribution in [2.75, 3.05) is 38.6 Å². The van der Waals surface area contributed by atoms with Crippen molar-refractivity contribution in [2.24, 2.45) is 0 Å². The molecule has 0 saturated carbocycles. The molecule has 0 unspecified atom stereocenters. The molecule has 7 nitrogen and oxygen atoms in total. The van der Waals surface area contributed by atoms with Gasteiger partial charge in [-0.05, 0) is 43.6 Å². The van der Waals surface area contributed by atoms with Gasteiger partial charge in [-0.2, -0.15) is 4.98 Å². The minimum absolute atomic E-state index is 0.0283. The number of rotatable bonds is 9. The predicted octanol–water partition coefficient (Wildman–Crippen LogP) is 2.31. The van der Waals surface area contributed by atoms with E-state index in [9.17, 15) is 9.59 Å². The van der Waals surface area contributed by atoms with Crippen LogP contribution in [0.5, 0.6) is 0 Å². The van der Waals surface area contributed by atoms with Crippen LogP contribution in [0.1, 0.15) is 35.4 Å². The van der Waals surface area contributed by atoms with Crippen LogP contribution >= 0.6 is 23.1 Å². The van der Waals surface area contributed by atoms with Crippen molar-refractivity contribution >= 4 is 29.0 Å². The number of nitrogens with zero attached hydrogens (tertiary/aromatic N) is 3. The first-order valence-electron chi connectivity index (χ1n) is 11.1. The van der Waals surface area contributed by atoms with Gasteiger partial charge in [0.15, 0.2) is 0 Å². The summed E-state index contributed by atoms with van der Waals surface area (Å²) in [7, 11) is 0. The minimum atomic E-state index is -0.177. The van der Waals surface area contributed by atoms with Crippen molar-refractivity contribution < 1.29 is 9.53 Å². The number of amides is 1. The summed E-state index contributed by atoms with van der Waals surface area (Å²) >= 11 is 3.02. The molecule has 0 aromatic carbocycles. The fourth-order valence-corrected chi connectivity index (χ4v) is 5.71. The zero-order valence-corrected chi connectivity index (χ0v) is 19.4.